The Kier molecular flexibility index (Phi) is 7.33. The summed E-state index contributed by atoms with van der Waals surface area (Å²) in [7, 11) is 2.82. The zero-order valence-electron chi connectivity index (χ0n) is 18.6. The number of nitrogens with zero attached hydrogens (tertiary/aromatic N) is 3. The number of ether oxygens (including phenoxy) is 1. The number of aromatic nitrogens is 2. The summed E-state index contributed by atoms with van der Waals surface area (Å²) in [4.78, 5) is 39.2. The summed E-state index contributed by atoms with van der Waals surface area (Å²) in [6, 6.07) is 8.28. The van der Waals surface area contributed by atoms with Gasteiger partial charge in [0.15, 0.2) is 5.78 Å². The van der Waals surface area contributed by atoms with Gasteiger partial charge in [-0.1, -0.05) is 12.1 Å². The minimum absolute atomic E-state index is 0.0664. The quantitative estimate of drug-likeness (QED) is 0.641. The molecule has 1 aliphatic rings. The van der Waals surface area contributed by atoms with Crippen molar-refractivity contribution < 1.29 is 9.53 Å². The van der Waals surface area contributed by atoms with E-state index in [0.29, 0.717) is 12.5 Å². The van der Waals surface area contributed by atoms with Crippen molar-refractivity contribution in [2.24, 2.45) is 20.0 Å². The van der Waals surface area contributed by atoms with Crippen LogP contribution in [0.3, 0.4) is 0 Å². The molecule has 8 nitrogen and oxygen atoms in total. The number of carbonyl (C=O) groups excluding carboxylic acids is 1. The van der Waals surface area contributed by atoms with Crippen LogP contribution < -0.4 is 21.7 Å². The number of ketones is 1. The van der Waals surface area contributed by atoms with Crippen LogP contribution in [0.25, 0.3) is 0 Å². The molecule has 0 unspecified atom stereocenters. The number of hydrogen-bond acceptors (Lipinski definition) is 6. The van der Waals surface area contributed by atoms with Crippen LogP contribution in [0.15, 0.2) is 33.9 Å². The first kappa shape index (κ1) is 22.8. The van der Waals surface area contributed by atoms with E-state index in [1.807, 2.05) is 19.1 Å². The number of hydrogen-bond donors (Lipinski definition) is 1. The van der Waals surface area contributed by atoms with Crippen LogP contribution in [-0.4, -0.2) is 46.1 Å². The minimum atomic E-state index is -0.629. The van der Waals surface area contributed by atoms with Gasteiger partial charge in [-0.25, -0.2) is 4.79 Å². The monoisotopic (exact) mass is 428 g/mol. The van der Waals surface area contributed by atoms with Crippen molar-refractivity contribution in [1.82, 2.24) is 14.0 Å². The Morgan fingerprint density at radius 3 is 2.35 bits per heavy atom. The van der Waals surface area contributed by atoms with Crippen molar-refractivity contribution in [3.63, 3.8) is 0 Å². The van der Waals surface area contributed by atoms with Crippen LogP contribution in [0.2, 0.25) is 0 Å². The van der Waals surface area contributed by atoms with Gasteiger partial charge >= 0.3 is 5.69 Å². The Bertz CT molecular complexity index is 1030. The first-order valence-electron chi connectivity index (χ1n) is 10.8. The number of aryl methyl sites for hydroxylation is 1. The van der Waals surface area contributed by atoms with E-state index in [4.69, 9.17) is 10.5 Å². The van der Waals surface area contributed by atoms with Gasteiger partial charge in [-0.15, -0.1) is 0 Å². The number of Topliss-reactive ketones (excluding diaryl/α,β-unsaturated/α-hetero) is 1. The molecule has 2 heterocycles. The lowest BCUT2D eigenvalue weighted by Crippen LogP contribution is -2.44. The van der Waals surface area contributed by atoms with Gasteiger partial charge in [0, 0.05) is 14.1 Å². The number of rotatable bonds is 8. The molecule has 3 rings (SSSR count). The number of anilines is 1. The highest BCUT2D eigenvalue weighted by atomic mass is 16.5. The lowest BCUT2D eigenvalue weighted by molar-refractivity contribution is 0.0891. The maximum absolute atomic E-state index is 12.8. The number of carbonyl (C=O) groups is 1. The van der Waals surface area contributed by atoms with Crippen LogP contribution in [0.5, 0.6) is 5.75 Å². The predicted molar refractivity (Wildman–Crippen MR) is 121 cm³/mol. The van der Waals surface area contributed by atoms with Crippen molar-refractivity contribution in [2.75, 3.05) is 32.0 Å². The van der Waals surface area contributed by atoms with Crippen LogP contribution in [0, 0.1) is 5.92 Å². The maximum Gasteiger partial charge on any atom is 0.332 e. The zero-order chi connectivity index (χ0) is 22.5. The molecule has 0 radical (unpaired) electrons. The fourth-order valence-corrected chi connectivity index (χ4v) is 4.13. The summed E-state index contributed by atoms with van der Waals surface area (Å²) in [5.74, 6) is 1.12. The van der Waals surface area contributed by atoms with Crippen LogP contribution in [-0.2, 0) is 20.5 Å². The maximum atomic E-state index is 12.8. The van der Waals surface area contributed by atoms with E-state index in [-0.39, 0.29) is 23.7 Å². The SMILES string of the molecule is CCOc1ccc(CCC2CCN(CC(=O)c3c(N)n(C)c(=O)n(C)c3=O)CC2)cc1. The Hall–Kier alpha value is -2.87. The molecule has 1 aromatic heterocycles. The number of likely N-dealkylation sites (tertiary alicyclic amines) is 1. The third-order valence-corrected chi connectivity index (χ3v) is 6.14. The average Bonchev–Trinajstić information content (AvgIpc) is 2.77. The molecule has 0 spiro atoms. The van der Waals surface area contributed by atoms with Gasteiger partial charge in [0.1, 0.15) is 17.1 Å². The van der Waals surface area contributed by atoms with Crippen LogP contribution >= 0.6 is 0 Å². The van der Waals surface area contributed by atoms with Crippen molar-refractivity contribution >= 4 is 11.6 Å². The highest BCUT2D eigenvalue weighted by Gasteiger charge is 2.25. The lowest BCUT2D eigenvalue weighted by Gasteiger charge is -2.31. The lowest BCUT2D eigenvalue weighted by atomic mass is 9.90. The Balaban J connectivity index is 1.52. The smallest absolute Gasteiger partial charge is 0.332 e. The molecule has 2 aromatic rings. The van der Waals surface area contributed by atoms with E-state index in [1.165, 1.54) is 19.7 Å². The molecule has 168 valence electrons. The van der Waals surface area contributed by atoms with Crippen molar-refractivity contribution in [3.8, 4) is 5.75 Å². The molecule has 1 fully saturated rings. The second-order valence-corrected chi connectivity index (χ2v) is 8.22. The van der Waals surface area contributed by atoms with Crippen LogP contribution in [0.4, 0.5) is 5.82 Å². The molecule has 0 saturated carbocycles. The number of benzene rings is 1. The molecule has 0 aliphatic carbocycles. The summed E-state index contributed by atoms with van der Waals surface area (Å²) < 4.78 is 7.55. The Labute approximate surface area is 182 Å². The molecular weight excluding hydrogens is 396 g/mol. The molecule has 31 heavy (non-hydrogen) atoms. The highest BCUT2D eigenvalue weighted by molar-refractivity contribution is 6.01. The summed E-state index contributed by atoms with van der Waals surface area (Å²) in [5.41, 5.74) is 5.95. The zero-order valence-corrected chi connectivity index (χ0v) is 18.6. The number of piperidine rings is 1. The summed E-state index contributed by atoms with van der Waals surface area (Å²) in [6.07, 6.45) is 4.18. The van der Waals surface area contributed by atoms with Crippen molar-refractivity contribution in [3.05, 3.63) is 56.2 Å². The Morgan fingerprint density at radius 1 is 1.10 bits per heavy atom. The molecular formula is C23H32N4O4. The summed E-state index contributed by atoms with van der Waals surface area (Å²) in [5, 5.41) is 0. The van der Waals surface area contributed by atoms with E-state index in [2.05, 4.69) is 17.0 Å². The Morgan fingerprint density at radius 2 is 1.74 bits per heavy atom. The molecule has 1 aromatic carbocycles. The van der Waals surface area contributed by atoms with E-state index < -0.39 is 11.2 Å². The first-order chi connectivity index (χ1) is 14.8. The van der Waals surface area contributed by atoms with Gasteiger partial charge in [0.05, 0.1) is 13.2 Å². The van der Waals surface area contributed by atoms with E-state index in [0.717, 1.165) is 53.7 Å². The highest BCUT2D eigenvalue weighted by Crippen LogP contribution is 2.23. The fraction of sp³-hybridized carbons (Fsp3) is 0.522. The number of nitrogens with two attached hydrogens (primary N) is 1. The third-order valence-electron chi connectivity index (χ3n) is 6.14. The van der Waals surface area contributed by atoms with Gasteiger partial charge in [-0.2, -0.15) is 0 Å². The summed E-state index contributed by atoms with van der Waals surface area (Å²) in [6.45, 7) is 4.41. The van der Waals surface area contributed by atoms with Crippen molar-refractivity contribution in [2.45, 2.75) is 32.6 Å². The third kappa shape index (κ3) is 5.25. The van der Waals surface area contributed by atoms with Gasteiger partial charge in [0.25, 0.3) is 5.56 Å². The predicted octanol–water partition coefficient (Wildman–Crippen LogP) is 1.59. The van der Waals surface area contributed by atoms with E-state index in [9.17, 15) is 14.4 Å². The summed E-state index contributed by atoms with van der Waals surface area (Å²) >= 11 is 0. The standard InChI is InChI=1S/C23H32N4O4/c1-4-31-18-9-7-16(8-10-18)5-6-17-11-13-27(14-12-17)15-19(28)20-21(24)25(2)23(30)26(3)22(20)29/h7-10,17H,4-6,11-15,24H2,1-3H3. The molecule has 1 aliphatic heterocycles. The molecule has 8 heteroatoms. The average molecular weight is 429 g/mol. The molecule has 2 N–H and O–H groups in total. The van der Waals surface area contributed by atoms with Crippen LogP contribution in [0.1, 0.15) is 42.1 Å². The van der Waals surface area contributed by atoms with Gasteiger partial charge in [-0.05, 0) is 69.3 Å². The fourth-order valence-electron chi connectivity index (χ4n) is 4.13. The molecule has 0 bridgehead atoms. The topological polar surface area (TPSA) is 99.6 Å². The van der Waals surface area contributed by atoms with Gasteiger partial charge < -0.3 is 10.5 Å². The number of nitrogen functional groups attached to an aromatic ring is 1. The van der Waals surface area contributed by atoms with Gasteiger partial charge in [0.2, 0.25) is 0 Å². The van der Waals surface area contributed by atoms with Gasteiger partial charge in [-0.3, -0.25) is 23.6 Å². The normalized spacial score (nSPS) is 15.2. The second-order valence-electron chi connectivity index (χ2n) is 8.22. The minimum Gasteiger partial charge on any atom is -0.494 e. The van der Waals surface area contributed by atoms with E-state index in [1.54, 1.807) is 0 Å². The molecule has 0 atom stereocenters. The second kappa shape index (κ2) is 9.96. The van der Waals surface area contributed by atoms with E-state index >= 15 is 0 Å². The molecule has 1 saturated heterocycles. The van der Waals surface area contributed by atoms with Crippen molar-refractivity contribution in [1.29, 1.82) is 0 Å². The largest absolute Gasteiger partial charge is 0.494 e. The molecule has 0 amide bonds. The first-order valence-corrected chi connectivity index (χ1v) is 10.8.